The van der Waals surface area contributed by atoms with Crippen molar-refractivity contribution in [1.29, 1.82) is 0 Å². The standard InChI is InChI=1S/C16H22N2O3/c1-11-5-3-4-6-14(11)18-16(20)17-13-9-7-12(8-10-13)15(19)21-2/h7-11,14H,3-6H2,1-2H3,(H2,17,18,20)/t11-,14+/m1/s1. The number of urea groups is 1. The van der Waals surface area contributed by atoms with Crippen molar-refractivity contribution in [2.75, 3.05) is 12.4 Å². The minimum atomic E-state index is -0.387. The number of hydrogen-bond donors (Lipinski definition) is 2. The van der Waals surface area contributed by atoms with Crippen molar-refractivity contribution in [3.05, 3.63) is 29.8 Å². The third-order valence-corrected chi connectivity index (χ3v) is 3.99. The number of benzene rings is 1. The second kappa shape index (κ2) is 7.11. The van der Waals surface area contributed by atoms with E-state index in [4.69, 9.17) is 0 Å². The third-order valence-electron chi connectivity index (χ3n) is 3.99. The van der Waals surface area contributed by atoms with Crippen molar-refractivity contribution in [2.45, 2.75) is 38.6 Å². The lowest BCUT2D eigenvalue weighted by molar-refractivity contribution is 0.0601. The molecule has 0 saturated heterocycles. The van der Waals surface area contributed by atoms with E-state index in [1.165, 1.54) is 26.4 Å². The highest BCUT2D eigenvalue weighted by atomic mass is 16.5. The monoisotopic (exact) mass is 290 g/mol. The molecule has 0 unspecified atom stereocenters. The number of carbonyl (C=O) groups is 2. The van der Waals surface area contributed by atoms with Gasteiger partial charge in [-0.15, -0.1) is 0 Å². The Morgan fingerprint density at radius 2 is 1.81 bits per heavy atom. The number of amides is 2. The summed E-state index contributed by atoms with van der Waals surface area (Å²) in [5.74, 6) is 0.133. The topological polar surface area (TPSA) is 67.4 Å². The fourth-order valence-electron chi connectivity index (χ4n) is 2.67. The third kappa shape index (κ3) is 4.21. The van der Waals surface area contributed by atoms with Crippen molar-refractivity contribution in [3.63, 3.8) is 0 Å². The maximum Gasteiger partial charge on any atom is 0.337 e. The zero-order valence-electron chi connectivity index (χ0n) is 12.5. The molecule has 0 bridgehead atoms. The van der Waals surface area contributed by atoms with Gasteiger partial charge in [0.15, 0.2) is 0 Å². The summed E-state index contributed by atoms with van der Waals surface area (Å²) in [6.07, 6.45) is 4.62. The Hall–Kier alpha value is -2.04. The molecule has 5 heteroatoms. The van der Waals surface area contributed by atoms with E-state index in [9.17, 15) is 9.59 Å². The van der Waals surface area contributed by atoms with Crippen molar-refractivity contribution in [1.82, 2.24) is 5.32 Å². The SMILES string of the molecule is COC(=O)c1ccc(NC(=O)N[C@H]2CCCC[C@H]2C)cc1. The first-order valence-corrected chi connectivity index (χ1v) is 7.36. The molecule has 5 nitrogen and oxygen atoms in total. The van der Waals surface area contributed by atoms with Crippen LogP contribution < -0.4 is 10.6 Å². The van der Waals surface area contributed by atoms with Crippen molar-refractivity contribution < 1.29 is 14.3 Å². The van der Waals surface area contributed by atoms with E-state index >= 15 is 0 Å². The zero-order valence-corrected chi connectivity index (χ0v) is 12.5. The summed E-state index contributed by atoms with van der Waals surface area (Å²) >= 11 is 0. The number of hydrogen-bond acceptors (Lipinski definition) is 3. The normalized spacial score (nSPS) is 21.4. The molecule has 21 heavy (non-hydrogen) atoms. The summed E-state index contributed by atoms with van der Waals surface area (Å²) in [5, 5.41) is 5.82. The average molecular weight is 290 g/mol. The summed E-state index contributed by atoms with van der Waals surface area (Å²) in [4.78, 5) is 23.3. The highest BCUT2D eigenvalue weighted by Crippen LogP contribution is 2.23. The van der Waals surface area contributed by atoms with Gasteiger partial charge in [-0.3, -0.25) is 0 Å². The van der Waals surface area contributed by atoms with E-state index in [0.717, 1.165) is 6.42 Å². The lowest BCUT2D eigenvalue weighted by Gasteiger charge is -2.29. The second-order valence-electron chi connectivity index (χ2n) is 5.54. The van der Waals surface area contributed by atoms with E-state index in [0.29, 0.717) is 17.2 Å². The molecule has 2 rings (SSSR count). The number of methoxy groups -OCH3 is 1. The van der Waals surface area contributed by atoms with Gasteiger partial charge >= 0.3 is 12.0 Å². The Balaban J connectivity index is 1.88. The van der Waals surface area contributed by atoms with E-state index in [-0.39, 0.29) is 18.0 Å². The maximum atomic E-state index is 12.0. The number of esters is 1. The Bertz CT molecular complexity index is 499. The maximum absolute atomic E-state index is 12.0. The van der Waals surface area contributed by atoms with Crippen LogP contribution in [-0.4, -0.2) is 25.2 Å². The number of carbonyl (C=O) groups excluding carboxylic acids is 2. The van der Waals surface area contributed by atoms with Gasteiger partial charge in [0.1, 0.15) is 0 Å². The van der Waals surface area contributed by atoms with Crippen LogP contribution >= 0.6 is 0 Å². The van der Waals surface area contributed by atoms with Crippen LogP contribution in [0.4, 0.5) is 10.5 Å². The predicted octanol–water partition coefficient (Wildman–Crippen LogP) is 3.17. The van der Waals surface area contributed by atoms with Gasteiger partial charge < -0.3 is 15.4 Å². The zero-order chi connectivity index (χ0) is 15.2. The van der Waals surface area contributed by atoms with Crippen LogP contribution in [0.25, 0.3) is 0 Å². The van der Waals surface area contributed by atoms with Crippen molar-refractivity contribution in [3.8, 4) is 0 Å². The molecule has 0 aliphatic heterocycles. The molecule has 1 saturated carbocycles. The van der Waals surface area contributed by atoms with Crippen LogP contribution in [0.3, 0.4) is 0 Å². The van der Waals surface area contributed by atoms with Gasteiger partial charge in [-0.2, -0.15) is 0 Å². The molecule has 1 aromatic rings. The molecular formula is C16H22N2O3. The molecule has 2 N–H and O–H groups in total. The summed E-state index contributed by atoms with van der Waals surface area (Å²) in [7, 11) is 1.34. The molecule has 1 fully saturated rings. The number of ether oxygens (including phenoxy) is 1. The van der Waals surface area contributed by atoms with Gasteiger partial charge in [0.25, 0.3) is 0 Å². The minimum Gasteiger partial charge on any atom is -0.465 e. The minimum absolute atomic E-state index is 0.195. The van der Waals surface area contributed by atoms with Gasteiger partial charge in [-0.05, 0) is 43.0 Å². The van der Waals surface area contributed by atoms with E-state index < -0.39 is 0 Å². The fraction of sp³-hybridized carbons (Fsp3) is 0.500. The Morgan fingerprint density at radius 1 is 1.14 bits per heavy atom. The Kier molecular flexibility index (Phi) is 5.20. The molecule has 114 valence electrons. The molecule has 0 heterocycles. The molecular weight excluding hydrogens is 268 g/mol. The summed E-state index contributed by atoms with van der Waals surface area (Å²) < 4.78 is 4.63. The van der Waals surface area contributed by atoms with Gasteiger partial charge in [0, 0.05) is 11.7 Å². The quantitative estimate of drug-likeness (QED) is 0.840. The molecule has 0 radical (unpaired) electrons. The fourth-order valence-corrected chi connectivity index (χ4v) is 2.67. The summed E-state index contributed by atoms with van der Waals surface area (Å²) in [5.41, 5.74) is 1.12. The number of rotatable bonds is 3. The largest absolute Gasteiger partial charge is 0.465 e. The predicted molar refractivity (Wildman–Crippen MR) is 81.4 cm³/mol. The van der Waals surface area contributed by atoms with Crippen molar-refractivity contribution in [2.24, 2.45) is 5.92 Å². The second-order valence-corrected chi connectivity index (χ2v) is 5.54. The smallest absolute Gasteiger partial charge is 0.337 e. The van der Waals surface area contributed by atoms with E-state index in [1.807, 2.05) is 0 Å². The summed E-state index contributed by atoms with van der Waals surface area (Å²) in [6, 6.07) is 6.69. The molecule has 1 aliphatic carbocycles. The first-order chi connectivity index (χ1) is 10.1. The van der Waals surface area contributed by atoms with Gasteiger partial charge in [0.05, 0.1) is 12.7 Å². The molecule has 0 spiro atoms. The van der Waals surface area contributed by atoms with Crippen LogP contribution in [0.2, 0.25) is 0 Å². The van der Waals surface area contributed by atoms with Crippen LogP contribution in [0.5, 0.6) is 0 Å². The van der Waals surface area contributed by atoms with Crippen LogP contribution in [0, 0.1) is 5.92 Å². The van der Waals surface area contributed by atoms with Gasteiger partial charge in [-0.1, -0.05) is 19.8 Å². The van der Waals surface area contributed by atoms with E-state index in [1.54, 1.807) is 24.3 Å². The Morgan fingerprint density at radius 3 is 2.43 bits per heavy atom. The van der Waals surface area contributed by atoms with Gasteiger partial charge in [0.2, 0.25) is 0 Å². The Labute approximate surface area is 125 Å². The van der Waals surface area contributed by atoms with E-state index in [2.05, 4.69) is 22.3 Å². The van der Waals surface area contributed by atoms with Gasteiger partial charge in [-0.25, -0.2) is 9.59 Å². The molecule has 2 atom stereocenters. The first kappa shape index (κ1) is 15.4. The number of anilines is 1. The number of nitrogens with one attached hydrogen (secondary N) is 2. The average Bonchev–Trinajstić information content (AvgIpc) is 2.49. The van der Waals surface area contributed by atoms with Crippen LogP contribution in [-0.2, 0) is 4.74 Å². The lowest BCUT2D eigenvalue weighted by atomic mass is 9.86. The molecule has 2 amide bonds. The van der Waals surface area contributed by atoms with Crippen LogP contribution in [0.15, 0.2) is 24.3 Å². The molecule has 0 aromatic heterocycles. The highest BCUT2D eigenvalue weighted by Gasteiger charge is 2.22. The lowest BCUT2D eigenvalue weighted by Crippen LogP contribution is -2.43. The summed E-state index contributed by atoms with van der Waals surface area (Å²) in [6.45, 7) is 2.18. The van der Waals surface area contributed by atoms with Crippen LogP contribution in [0.1, 0.15) is 43.0 Å². The highest BCUT2D eigenvalue weighted by molar-refractivity contribution is 5.92. The molecule has 1 aliphatic rings. The first-order valence-electron chi connectivity index (χ1n) is 7.36. The van der Waals surface area contributed by atoms with Crippen molar-refractivity contribution >= 4 is 17.7 Å². The molecule has 1 aromatic carbocycles.